The van der Waals surface area contributed by atoms with E-state index < -0.39 is 12.0 Å². The highest BCUT2D eigenvalue weighted by Crippen LogP contribution is 1.95. The van der Waals surface area contributed by atoms with Crippen LogP contribution >= 0.6 is 0 Å². The number of esters is 1. The maximum Gasteiger partial charge on any atom is 0.306 e. The van der Waals surface area contributed by atoms with Gasteiger partial charge in [-0.05, 0) is 13.3 Å². The molecule has 0 saturated carbocycles. The van der Waals surface area contributed by atoms with Gasteiger partial charge in [0.25, 0.3) is 5.91 Å². The Morgan fingerprint density at radius 3 is 2.45 bits per heavy atom. The standard InChI is InChI=1S/C7H13NO3/c1-3-4-6(9)11-5(2)7(8)10/h5H,3-4H2,1-2H3,(H2,8,10). The summed E-state index contributed by atoms with van der Waals surface area (Å²) in [4.78, 5) is 21.1. The van der Waals surface area contributed by atoms with Crippen LogP contribution in [0.25, 0.3) is 0 Å². The van der Waals surface area contributed by atoms with Gasteiger partial charge in [-0.2, -0.15) is 0 Å². The topological polar surface area (TPSA) is 69.4 Å². The van der Waals surface area contributed by atoms with Gasteiger partial charge in [-0.1, -0.05) is 6.92 Å². The molecule has 0 aliphatic carbocycles. The Bertz CT molecular complexity index is 156. The van der Waals surface area contributed by atoms with Crippen molar-refractivity contribution in [3.63, 3.8) is 0 Å². The van der Waals surface area contributed by atoms with E-state index in [1.165, 1.54) is 6.92 Å². The van der Waals surface area contributed by atoms with Gasteiger partial charge in [-0.3, -0.25) is 9.59 Å². The fraction of sp³-hybridized carbons (Fsp3) is 0.714. The van der Waals surface area contributed by atoms with Crippen molar-refractivity contribution < 1.29 is 14.3 Å². The Hall–Kier alpha value is -1.06. The number of rotatable bonds is 4. The number of ether oxygens (including phenoxy) is 1. The summed E-state index contributed by atoms with van der Waals surface area (Å²) in [6.45, 7) is 3.31. The van der Waals surface area contributed by atoms with Crippen LogP contribution in [0.1, 0.15) is 26.7 Å². The second-order valence-corrected chi connectivity index (χ2v) is 2.28. The van der Waals surface area contributed by atoms with Crippen molar-refractivity contribution in [2.24, 2.45) is 5.73 Å². The van der Waals surface area contributed by atoms with E-state index in [1.54, 1.807) is 0 Å². The van der Waals surface area contributed by atoms with Gasteiger partial charge in [0, 0.05) is 6.42 Å². The predicted octanol–water partition coefficient (Wildman–Crippen LogP) is 0.203. The summed E-state index contributed by atoms with van der Waals surface area (Å²) < 4.78 is 4.64. The van der Waals surface area contributed by atoms with Gasteiger partial charge >= 0.3 is 5.97 Å². The fourth-order valence-electron chi connectivity index (χ4n) is 0.518. The number of amides is 1. The Morgan fingerprint density at radius 1 is 1.55 bits per heavy atom. The third kappa shape index (κ3) is 4.36. The van der Waals surface area contributed by atoms with Crippen LogP contribution in [0.2, 0.25) is 0 Å². The molecule has 11 heavy (non-hydrogen) atoms. The van der Waals surface area contributed by atoms with E-state index in [0.29, 0.717) is 12.8 Å². The Labute approximate surface area is 65.7 Å². The largest absolute Gasteiger partial charge is 0.453 e. The van der Waals surface area contributed by atoms with Crippen LogP contribution in [0.15, 0.2) is 0 Å². The quantitative estimate of drug-likeness (QED) is 0.596. The van der Waals surface area contributed by atoms with E-state index >= 15 is 0 Å². The maximum atomic E-state index is 10.7. The smallest absolute Gasteiger partial charge is 0.306 e. The maximum absolute atomic E-state index is 10.7. The van der Waals surface area contributed by atoms with Crippen molar-refractivity contribution in [3.8, 4) is 0 Å². The fourth-order valence-corrected chi connectivity index (χ4v) is 0.518. The second-order valence-electron chi connectivity index (χ2n) is 2.28. The molecular weight excluding hydrogens is 146 g/mol. The number of carbonyl (C=O) groups is 2. The van der Waals surface area contributed by atoms with Crippen molar-refractivity contribution in [1.82, 2.24) is 0 Å². The summed E-state index contributed by atoms with van der Waals surface area (Å²) in [7, 11) is 0. The molecule has 1 unspecified atom stereocenters. The zero-order valence-electron chi connectivity index (χ0n) is 6.79. The highest BCUT2D eigenvalue weighted by Gasteiger charge is 2.12. The van der Waals surface area contributed by atoms with Gasteiger partial charge in [0.05, 0.1) is 0 Å². The minimum atomic E-state index is -0.811. The van der Waals surface area contributed by atoms with Crippen LogP contribution in [0.3, 0.4) is 0 Å². The Kier molecular flexibility index (Phi) is 4.26. The Morgan fingerprint density at radius 2 is 2.09 bits per heavy atom. The molecule has 64 valence electrons. The normalized spacial score (nSPS) is 12.2. The van der Waals surface area contributed by atoms with E-state index in [2.05, 4.69) is 4.74 Å². The molecule has 0 fully saturated rings. The second kappa shape index (κ2) is 4.71. The van der Waals surface area contributed by atoms with Crippen LogP contribution in [-0.2, 0) is 14.3 Å². The third-order valence-electron chi connectivity index (χ3n) is 1.16. The number of nitrogens with two attached hydrogens (primary N) is 1. The zero-order valence-corrected chi connectivity index (χ0v) is 6.79. The SMILES string of the molecule is CCCC(=O)OC(C)C(N)=O. The van der Waals surface area contributed by atoms with Gasteiger partial charge in [0.15, 0.2) is 6.10 Å². The van der Waals surface area contributed by atoms with Crippen molar-refractivity contribution in [2.75, 3.05) is 0 Å². The molecule has 1 atom stereocenters. The number of carbonyl (C=O) groups excluding carboxylic acids is 2. The van der Waals surface area contributed by atoms with Gasteiger partial charge < -0.3 is 10.5 Å². The van der Waals surface area contributed by atoms with Crippen LogP contribution in [-0.4, -0.2) is 18.0 Å². The lowest BCUT2D eigenvalue weighted by Gasteiger charge is -2.07. The van der Waals surface area contributed by atoms with Crippen LogP contribution in [0.5, 0.6) is 0 Å². The molecule has 0 spiro atoms. The summed E-state index contributed by atoms with van der Waals surface area (Å²) in [6, 6.07) is 0. The molecule has 2 N–H and O–H groups in total. The van der Waals surface area contributed by atoms with E-state index in [4.69, 9.17) is 5.73 Å². The van der Waals surface area contributed by atoms with Crippen LogP contribution in [0.4, 0.5) is 0 Å². The first-order chi connectivity index (χ1) is 5.07. The summed E-state index contributed by atoms with van der Waals surface area (Å²) in [5.74, 6) is -0.992. The molecule has 0 rings (SSSR count). The summed E-state index contributed by atoms with van der Waals surface area (Å²) in [5.41, 5.74) is 4.86. The molecule has 0 aromatic heterocycles. The van der Waals surface area contributed by atoms with Gasteiger partial charge in [-0.15, -0.1) is 0 Å². The molecule has 0 bridgehead atoms. The molecule has 0 saturated heterocycles. The van der Waals surface area contributed by atoms with Crippen molar-refractivity contribution in [2.45, 2.75) is 32.8 Å². The summed E-state index contributed by atoms with van der Waals surface area (Å²) in [5, 5.41) is 0. The van der Waals surface area contributed by atoms with E-state index in [1.807, 2.05) is 6.92 Å². The molecule has 0 aromatic carbocycles. The molecular formula is C7H13NO3. The highest BCUT2D eigenvalue weighted by molar-refractivity contribution is 5.81. The van der Waals surface area contributed by atoms with Gasteiger partial charge in [0.2, 0.25) is 0 Å². The lowest BCUT2D eigenvalue weighted by molar-refractivity contribution is -0.153. The van der Waals surface area contributed by atoms with E-state index in [0.717, 1.165) is 0 Å². The average Bonchev–Trinajstić information content (AvgIpc) is 1.87. The molecule has 0 radical (unpaired) electrons. The van der Waals surface area contributed by atoms with E-state index in [-0.39, 0.29) is 5.97 Å². The summed E-state index contributed by atoms with van der Waals surface area (Å²) >= 11 is 0. The summed E-state index contributed by atoms with van der Waals surface area (Å²) in [6.07, 6.45) is 0.233. The first-order valence-electron chi connectivity index (χ1n) is 3.56. The molecule has 0 aromatic rings. The van der Waals surface area contributed by atoms with Gasteiger partial charge in [-0.25, -0.2) is 0 Å². The highest BCUT2D eigenvalue weighted by atomic mass is 16.5. The first-order valence-corrected chi connectivity index (χ1v) is 3.56. The average molecular weight is 159 g/mol. The lowest BCUT2D eigenvalue weighted by atomic mass is 10.3. The molecule has 0 aliphatic heterocycles. The van der Waals surface area contributed by atoms with Crippen molar-refractivity contribution in [1.29, 1.82) is 0 Å². The lowest BCUT2D eigenvalue weighted by Crippen LogP contribution is -2.30. The van der Waals surface area contributed by atoms with Gasteiger partial charge in [0.1, 0.15) is 0 Å². The molecule has 1 amide bonds. The Balaban J connectivity index is 3.66. The molecule has 4 heteroatoms. The third-order valence-corrected chi connectivity index (χ3v) is 1.16. The number of hydrogen-bond acceptors (Lipinski definition) is 3. The van der Waals surface area contributed by atoms with Crippen LogP contribution < -0.4 is 5.73 Å². The van der Waals surface area contributed by atoms with E-state index in [9.17, 15) is 9.59 Å². The van der Waals surface area contributed by atoms with Crippen LogP contribution in [0, 0.1) is 0 Å². The first kappa shape index (κ1) is 9.94. The molecule has 0 heterocycles. The zero-order chi connectivity index (χ0) is 8.85. The number of hydrogen-bond donors (Lipinski definition) is 1. The van der Waals surface area contributed by atoms with Crippen molar-refractivity contribution >= 4 is 11.9 Å². The molecule has 4 nitrogen and oxygen atoms in total. The monoisotopic (exact) mass is 159 g/mol. The predicted molar refractivity (Wildman–Crippen MR) is 39.7 cm³/mol. The number of primary amides is 1. The minimum Gasteiger partial charge on any atom is -0.453 e. The molecule has 0 aliphatic rings. The van der Waals surface area contributed by atoms with Crippen molar-refractivity contribution in [3.05, 3.63) is 0 Å². The minimum absolute atomic E-state index is 0.331.